The largest absolute Gasteiger partial charge is 0.398 e. The second kappa shape index (κ2) is 5.08. The number of anilines is 1. The van der Waals surface area contributed by atoms with E-state index >= 15 is 0 Å². The van der Waals surface area contributed by atoms with Crippen LogP contribution in [-0.4, -0.2) is 5.75 Å². The Kier molecular flexibility index (Phi) is 3.52. The van der Waals surface area contributed by atoms with Crippen LogP contribution in [0.5, 0.6) is 0 Å². The van der Waals surface area contributed by atoms with Crippen LogP contribution >= 0.6 is 11.8 Å². The molecule has 0 unspecified atom stereocenters. The van der Waals surface area contributed by atoms with E-state index in [2.05, 4.69) is 43.3 Å². The number of benzene rings is 2. The average Bonchev–Trinajstić information content (AvgIpc) is 2.33. The number of hydrogen-bond donors (Lipinski definition) is 1. The summed E-state index contributed by atoms with van der Waals surface area (Å²) in [5, 5.41) is 0. The van der Waals surface area contributed by atoms with E-state index in [-0.39, 0.29) is 0 Å². The lowest BCUT2D eigenvalue weighted by Gasteiger charge is -2.07. The van der Waals surface area contributed by atoms with Crippen molar-refractivity contribution >= 4 is 17.4 Å². The first-order valence-electron chi connectivity index (χ1n) is 5.39. The van der Waals surface area contributed by atoms with Gasteiger partial charge in [-0.2, -0.15) is 0 Å². The Hall–Kier alpha value is -1.41. The maximum atomic E-state index is 5.93. The van der Waals surface area contributed by atoms with Gasteiger partial charge in [0, 0.05) is 10.6 Å². The molecule has 2 aromatic rings. The van der Waals surface area contributed by atoms with Gasteiger partial charge in [0.1, 0.15) is 0 Å². The molecule has 16 heavy (non-hydrogen) atoms. The zero-order chi connectivity index (χ0) is 11.4. The van der Waals surface area contributed by atoms with Gasteiger partial charge in [0.15, 0.2) is 0 Å². The summed E-state index contributed by atoms with van der Waals surface area (Å²) >= 11 is 1.79. The van der Waals surface area contributed by atoms with Gasteiger partial charge in [-0.3, -0.25) is 0 Å². The maximum Gasteiger partial charge on any atom is 0.0452 e. The Morgan fingerprint density at radius 3 is 2.44 bits per heavy atom. The molecule has 2 aromatic carbocycles. The van der Waals surface area contributed by atoms with Crippen LogP contribution < -0.4 is 5.73 Å². The van der Waals surface area contributed by atoms with Gasteiger partial charge in [0.2, 0.25) is 0 Å². The summed E-state index contributed by atoms with van der Waals surface area (Å²) in [6.07, 6.45) is 0. The number of nitrogen functional groups attached to an aromatic ring is 1. The third-order valence-electron chi connectivity index (χ3n) is 2.42. The minimum Gasteiger partial charge on any atom is -0.398 e. The van der Waals surface area contributed by atoms with Crippen molar-refractivity contribution in [2.75, 3.05) is 11.5 Å². The lowest BCUT2D eigenvalue weighted by molar-refractivity contribution is 1.42. The van der Waals surface area contributed by atoms with Gasteiger partial charge >= 0.3 is 0 Å². The van der Waals surface area contributed by atoms with E-state index in [1.54, 1.807) is 11.8 Å². The Balaban J connectivity index is 2.40. The first kappa shape index (κ1) is 11.1. The molecule has 0 aromatic heterocycles. The number of thioether (sulfide) groups is 1. The molecule has 0 aliphatic heterocycles. The summed E-state index contributed by atoms with van der Waals surface area (Å²) in [5.74, 6) is 1.04. The molecule has 0 spiro atoms. The van der Waals surface area contributed by atoms with Gasteiger partial charge in [-0.05, 0) is 29.0 Å². The molecular weight excluding hydrogens is 214 g/mol. The van der Waals surface area contributed by atoms with Gasteiger partial charge in [-0.25, -0.2) is 0 Å². The highest BCUT2D eigenvalue weighted by Crippen LogP contribution is 2.30. The Morgan fingerprint density at radius 2 is 1.75 bits per heavy atom. The van der Waals surface area contributed by atoms with Crippen molar-refractivity contribution in [3.63, 3.8) is 0 Å². The van der Waals surface area contributed by atoms with E-state index in [4.69, 9.17) is 5.73 Å². The van der Waals surface area contributed by atoms with Crippen LogP contribution in [0.2, 0.25) is 0 Å². The van der Waals surface area contributed by atoms with E-state index in [1.807, 2.05) is 12.1 Å². The monoisotopic (exact) mass is 229 g/mol. The molecule has 0 aliphatic carbocycles. The van der Waals surface area contributed by atoms with Crippen LogP contribution in [0, 0.1) is 0 Å². The summed E-state index contributed by atoms with van der Waals surface area (Å²) in [6, 6.07) is 16.6. The fourth-order valence-corrected chi connectivity index (χ4v) is 2.38. The molecule has 82 valence electrons. The van der Waals surface area contributed by atoms with Crippen molar-refractivity contribution in [3.05, 3.63) is 48.5 Å². The molecule has 1 nitrogen and oxygen atoms in total. The van der Waals surface area contributed by atoms with E-state index in [0.29, 0.717) is 0 Å². The molecule has 2 N–H and O–H groups in total. The molecule has 2 heteroatoms. The first-order valence-corrected chi connectivity index (χ1v) is 6.37. The topological polar surface area (TPSA) is 26.0 Å². The maximum absolute atomic E-state index is 5.93. The van der Waals surface area contributed by atoms with Crippen LogP contribution in [-0.2, 0) is 0 Å². The summed E-state index contributed by atoms with van der Waals surface area (Å²) in [7, 11) is 0. The molecule has 0 radical (unpaired) electrons. The lowest BCUT2D eigenvalue weighted by atomic mass is 10.1. The predicted octanol–water partition coefficient (Wildman–Crippen LogP) is 4.05. The van der Waals surface area contributed by atoms with Gasteiger partial charge in [-0.1, -0.05) is 43.3 Å². The van der Waals surface area contributed by atoms with Crippen LogP contribution in [0.4, 0.5) is 5.69 Å². The standard InChI is InChI=1S/C14H15NS/c1-2-16-14-10-12(8-9-13(14)15)11-6-4-3-5-7-11/h3-10H,2,15H2,1H3. The summed E-state index contributed by atoms with van der Waals surface area (Å²) in [6.45, 7) is 2.14. The van der Waals surface area contributed by atoms with Crippen molar-refractivity contribution in [1.29, 1.82) is 0 Å². The van der Waals surface area contributed by atoms with Crippen molar-refractivity contribution in [3.8, 4) is 11.1 Å². The zero-order valence-electron chi connectivity index (χ0n) is 9.31. The molecule has 0 fully saturated rings. The number of hydrogen-bond acceptors (Lipinski definition) is 2. The Morgan fingerprint density at radius 1 is 1.00 bits per heavy atom. The third-order valence-corrected chi connectivity index (χ3v) is 3.37. The minimum atomic E-state index is 0.867. The third kappa shape index (κ3) is 2.39. The summed E-state index contributed by atoms with van der Waals surface area (Å²) < 4.78 is 0. The SMILES string of the molecule is CCSc1cc(-c2ccccc2)ccc1N. The quantitative estimate of drug-likeness (QED) is 0.634. The molecule has 0 atom stereocenters. The van der Waals surface area contributed by atoms with E-state index in [1.165, 1.54) is 16.0 Å². The molecule has 0 bridgehead atoms. The zero-order valence-corrected chi connectivity index (χ0v) is 10.1. The first-order chi connectivity index (χ1) is 7.81. The number of rotatable bonds is 3. The van der Waals surface area contributed by atoms with Gasteiger partial charge in [0.25, 0.3) is 0 Å². The van der Waals surface area contributed by atoms with E-state index < -0.39 is 0 Å². The van der Waals surface area contributed by atoms with Crippen LogP contribution in [0.1, 0.15) is 6.92 Å². The van der Waals surface area contributed by atoms with Gasteiger partial charge in [-0.15, -0.1) is 11.8 Å². The smallest absolute Gasteiger partial charge is 0.0452 e. The second-order valence-corrected chi connectivity index (χ2v) is 4.86. The lowest BCUT2D eigenvalue weighted by Crippen LogP contribution is -1.89. The average molecular weight is 229 g/mol. The molecule has 0 heterocycles. The molecule has 0 saturated carbocycles. The Labute approximate surface area is 101 Å². The van der Waals surface area contributed by atoms with E-state index in [9.17, 15) is 0 Å². The molecule has 0 amide bonds. The normalized spacial score (nSPS) is 10.3. The highest BCUT2D eigenvalue weighted by atomic mass is 32.2. The van der Waals surface area contributed by atoms with Crippen LogP contribution in [0.25, 0.3) is 11.1 Å². The highest BCUT2D eigenvalue weighted by Gasteiger charge is 2.02. The summed E-state index contributed by atoms with van der Waals surface area (Å²) in [5.41, 5.74) is 9.26. The van der Waals surface area contributed by atoms with Crippen LogP contribution in [0.3, 0.4) is 0 Å². The van der Waals surface area contributed by atoms with Crippen LogP contribution in [0.15, 0.2) is 53.4 Å². The van der Waals surface area contributed by atoms with Gasteiger partial charge < -0.3 is 5.73 Å². The molecule has 0 saturated heterocycles. The minimum absolute atomic E-state index is 0.867. The highest BCUT2D eigenvalue weighted by molar-refractivity contribution is 7.99. The van der Waals surface area contributed by atoms with Crippen molar-refractivity contribution < 1.29 is 0 Å². The second-order valence-electron chi connectivity index (χ2n) is 3.55. The van der Waals surface area contributed by atoms with Crippen molar-refractivity contribution in [1.82, 2.24) is 0 Å². The molecule has 0 aliphatic rings. The Bertz CT molecular complexity index is 465. The van der Waals surface area contributed by atoms with Gasteiger partial charge in [0.05, 0.1) is 0 Å². The summed E-state index contributed by atoms with van der Waals surface area (Å²) in [4.78, 5) is 1.17. The van der Waals surface area contributed by atoms with Crippen molar-refractivity contribution in [2.24, 2.45) is 0 Å². The van der Waals surface area contributed by atoms with Crippen molar-refractivity contribution in [2.45, 2.75) is 11.8 Å². The molecule has 2 rings (SSSR count). The van der Waals surface area contributed by atoms with E-state index in [0.717, 1.165) is 11.4 Å². The fraction of sp³-hybridized carbons (Fsp3) is 0.143. The molecular formula is C14H15NS. The fourth-order valence-electron chi connectivity index (χ4n) is 1.63. The number of nitrogens with two attached hydrogens (primary N) is 1. The predicted molar refractivity (Wildman–Crippen MR) is 72.7 cm³/mol.